The first-order chi connectivity index (χ1) is 8.77. The summed E-state index contributed by atoms with van der Waals surface area (Å²) in [6, 6.07) is 1.80. The van der Waals surface area contributed by atoms with Crippen LogP contribution >= 0.6 is 15.9 Å². The van der Waals surface area contributed by atoms with E-state index >= 15 is 0 Å². The van der Waals surface area contributed by atoms with E-state index in [1.807, 2.05) is 0 Å². The molecule has 6 nitrogen and oxygen atoms in total. The van der Waals surface area contributed by atoms with Crippen molar-refractivity contribution in [2.24, 2.45) is 5.14 Å². The number of rotatable bonds is 5. The van der Waals surface area contributed by atoms with E-state index in [2.05, 4.69) is 20.7 Å². The first-order valence-corrected chi connectivity index (χ1v) is 7.29. The van der Waals surface area contributed by atoms with Gasteiger partial charge in [-0.25, -0.2) is 22.7 Å². The average molecular weight is 356 g/mol. The zero-order chi connectivity index (χ0) is 14.6. The van der Waals surface area contributed by atoms with E-state index in [0.29, 0.717) is 0 Å². The van der Waals surface area contributed by atoms with Crippen molar-refractivity contribution in [2.75, 3.05) is 20.3 Å². The average Bonchev–Trinajstić information content (AvgIpc) is 2.31. The highest BCUT2D eigenvalue weighted by Gasteiger charge is 2.20. The Bertz CT molecular complexity index is 590. The number of hydrogen-bond donors (Lipinski definition) is 1. The van der Waals surface area contributed by atoms with Crippen LogP contribution in [0.25, 0.3) is 0 Å². The highest BCUT2D eigenvalue weighted by Crippen LogP contribution is 2.26. The number of carbonyl (C=O) groups excluding carboxylic acids is 1. The van der Waals surface area contributed by atoms with Crippen molar-refractivity contribution in [3.8, 4) is 0 Å². The SMILES string of the molecule is COCCOC(=O)c1cc(F)c(Br)c(S(N)(=O)=O)c1. The third kappa shape index (κ3) is 4.23. The minimum absolute atomic E-state index is 0.0300. The summed E-state index contributed by atoms with van der Waals surface area (Å²) < 4.78 is 45.1. The van der Waals surface area contributed by atoms with Crippen molar-refractivity contribution in [2.45, 2.75) is 4.90 Å². The fourth-order valence-electron chi connectivity index (χ4n) is 1.19. The summed E-state index contributed by atoms with van der Waals surface area (Å²) in [5.74, 6) is -1.79. The molecule has 0 aromatic heterocycles. The third-order valence-electron chi connectivity index (χ3n) is 2.06. The summed E-state index contributed by atoms with van der Waals surface area (Å²) >= 11 is 2.76. The van der Waals surface area contributed by atoms with Crippen LogP contribution in [0.3, 0.4) is 0 Å². The van der Waals surface area contributed by atoms with Gasteiger partial charge in [0.05, 0.1) is 21.5 Å². The molecule has 2 N–H and O–H groups in total. The fourth-order valence-corrected chi connectivity index (χ4v) is 2.73. The number of sulfonamides is 1. The second kappa shape index (κ2) is 6.42. The smallest absolute Gasteiger partial charge is 0.338 e. The molecule has 106 valence electrons. The van der Waals surface area contributed by atoms with Crippen LogP contribution in [0.15, 0.2) is 21.5 Å². The molecule has 0 amide bonds. The lowest BCUT2D eigenvalue weighted by Crippen LogP contribution is -2.16. The van der Waals surface area contributed by atoms with Crippen molar-refractivity contribution in [3.63, 3.8) is 0 Å². The molecule has 0 bridgehead atoms. The van der Waals surface area contributed by atoms with Crippen LogP contribution in [0.1, 0.15) is 10.4 Å². The second-order valence-electron chi connectivity index (χ2n) is 3.44. The summed E-state index contributed by atoms with van der Waals surface area (Å²) in [5.41, 5.74) is -0.249. The fraction of sp³-hybridized carbons (Fsp3) is 0.300. The predicted molar refractivity (Wildman–Crippen MR) is 67.6 cm³/mol. The number of halogens is 2. The molecule has 0 saturated carbocycles. The lowest BCUT2D eigenvalue weighted by molar-refractivity contribution is 0.0387. The zero-order valence-corrected chi connectivity index (χ0v) is 12.3. The molecule has 0 saturated heterocycles. The number of nitrogens with two attached hydrogens (primary N) is 1. The maximum absolute atomic E-state index is 13.5. The highest BCUT2D eigenvalue weighted by molar-refractivity contribution is 9.10. The number of ether oxygens (including phenoxy) is 2. The van der Waals surface area contributed by atoms with Gasteiger partial charge in [-0.1, -0.05) is 0 Å². The molecule has 0 radical (unpaired) electrons. The van der Waals surface area contributed by atoms with E-state index < -0.39 is 26.7 Å². The van der Waals surface area contributed by atoms with Crippen LogP contribution in [-0.2, 0) is 19.5 Å². The van der Waals surface area contributed by atoms with Gasteiger partial charge in [0.1, 0.15) is 12.4 Å². The van der Waals surface area contributed by atoms with Crippen LogP contribution in [0.4, 0.5) is 4.39 Å². The largest absolute Gasteiger partial charge is 0.460 e. The molecule has 0 spiro atoms. The third-order valence-corrected chi connectivity index (χ3v) is 4.06. The van der Waals surface area contributed by atoms with E-state index in [1.54, 1.807) is 0 Å². The molecule has 0 aliphatic rings. The second-order valence-corrected chi connectivity index (χ2v) is 5.77. The first kappa shape index (κ1) is 16.0. The molecule has 9 heteroatoms. The topological polar surface area (TPSA) is 95.7 Å². The van der Waals surface area contributed by atoms with Gasteiger partial charge in [0, 0.05) is 7.11 Å². The summed E-state index contributed by atoms with van der Waals surface area (Å²) in [6.07, 6.45) is 0. The summed E-state index contributed by atoms with van der Waals surface area (Å²) in [6.45, 7) is 0.143. The Kier molecular flexibility index (Phi) is 5.41. The molecule has 0 aliphatic carbocycles. The highest BCUT2D eigenvalue weighted by atomic mass is 79.9. The van der Waals surface area contributed by atoms with Crippen LogP contribution in [0.5, 0.6) is 0 Å². The summed E-state index contributed by atoms with van der Waals surface area (Å²) in [4.78, 5) is 11.0. The Morgan fingerprint density at radius 2 is 2.05 bits per heavy atom. The molecule has 0 fully saturated rings. The lowest BCUT2D eigenvalue weighted by Gasteiger charge is -2.08. The minimum Gasteiger partial charge on any atom is -0.460 e. The Balaban J connectivity index is 3.11. The van der Waals surface area contributed by atoms with E-state index in [9.17, 15) is 17.6 Å². The van der Waals surface area contributed by atoms with Gasteiger partial charge in [0.2, 0.25) is 10.0 Å². The molecular weight excluding hydrogens is 345 g/mol. The number of methoxy groups -OCH3 is 1. The van der Waals surface area contributed by atoms with Crippen LogP contribution in [-0.4, -0.2) is 34.7 Å². The van der Waals surface area contributed by atoms with Gasteiger partial charge in [0.25, 0.3) is 0 Å². The van der Waals surface area contributed by atoms with Gasteiger partial charge in [-0.3, -0.25) is 0 Å². The normalized spacial score (nSPS) is 11.4. The van der Waals surface area contributed by atoms with Gasteiger partial charge < -0.3 is 9.47 Å². The number of primary sulfonamides is 1. The molecule has 1 aromatic carbocycles. The monoisotopic (exact) mass is 355 g/mol. The van der Waals surface area contributed by atoms with Gasteiger partial charge in [-0.2, -0.15) is 0 Å². The molecule has 0 aliphatic heterocycles. The first-order valence-electron chi connectivity index (χ1n) is 4.95. The molecule has 1 aromatic rings. The lowest BCUT2D eigenvalue weighted by atomic mass is 10.2. The van der Waals surface area contributed by atoms with Gasteiger partial charge >= 0.3 is 5.97 Å². The molecule has 1 rings (SSSR count). The predicted octanol–water partition coefficient (Wildman–Crippen LogP) is 1.04. The number of carbonyl (C=O) groups is 1. The van der Waals surface area contributed by atoms with Crippen molar-refractivity contribution in [1.29, 1.82) is 0 Å². The van der Waals surface area contributed by atoms with Crippen LogP contribution < -0.4 is 5.14 Å². The van der Waals surface area contributed by atoms with E-state index in [4.69, 9.17) is 9.88 Å². The summed E-state index contributed by atoms with van der Waals surface area (Å²) in [5, 5.41) is 4.92. The van der Waals surface area contributed by atoms with E-state index in [0.717, 1.165) is 12.1 Å². The van der Waals surface area contributed by atoms with Crippen molar-refractivity contribution >= 4 is 31.9 Å². The maximum Gasteiger partial charge on any atom is 0.338 e. The quantitative estimate of drug-likeness (QED) is 0.628. The van der Waals surface area contributed by atoms with Crippen molar-refractivity contribution in [1.82, 2.24) is 0 Å². The van der Waals surface area contributed by atoms with E-state index in [1.165, 1.54) is 7.11 Å². The van der Waals surface area contributed by atoms with Crippen molar-refractivity contribution in [3.05, 3.63) is 28.0 Å². The Morgan fingerprint density at radius 1 is 1.42 bits per heavy atom. The molecule has 0 unspecified atom stereocenters. The molecule has 0 heterocycles. The van der Waals surface area contributed by atoms with Gasteiger partial charge in [-0.05, 0) is 28.1 Å². The Labute approximate surface area is 117 Å². The standard InChI is InChI=1S/C10H11BrFNO5S/c1-17-2-3-18-10(14)6-4-7(12)9(11)8(5-6)19(13,15)16/h4-5H,2-3H2,1H3,(H2,13,15,16). The van der Waals surface area contributed by atoms with Gasteiger partial charge in [-0.15, -0.1) is 0 Å². The van der Waals surface area contributed by atoms with E-state index in [-0.39, 0.29) is 23.2 Å². The minimum atomic E-state index is -4.16. The maximum atomic E-state index is 13.5. The molecule has 19 heavy (non-hydrogen) atoms. The molecule has 0 atom stereocenters. The van der Waals surface area contributed by atoms with Crippen LogP contribution in [0, 0.1) is 5.82 Å². The summed E-state index contributed by atoms with van der Waals surface area (Å²) in [7, 11) is -2.73. The zero-order valence-electron chi connectivity index (χ0n) is 9.85. The van der Waals surface area contributed by atoms with Gasteiger partial charge in [0.15, 0.2) is 0 Å². The molecular formula is C10H11BrFNO5S. The number of benzene rings is 1. The number of hydrogen-bond acceptors (Lipinski definition) is 5. The number of esters is 1. The Hall–Kier alpha value is -1.03. The van der Waals surface area contributed by atoms with Crippen molar-refractivity contribution < 1.29 is 27.1 Å². The van der Waals surface area contributed by atoms with Crippen LogP contribution in [0.2, 0.25) is 0 Å². The Morgan fingerprint density at radius 3 is 2.58 bits per heavy atom.